The number of aromatic nitrogens is 3. The Balaban J connectivity index is 1.78. The Bertz CT molecular complexity index is 806. The first-order valence-electron chi connectivity index (χ1n) is 7.19. The van der Waals surface area contributed by atoms with Crippen LogP contribution in [-0.4, -0.2) is 14.4 Å². The van der Waals surface area contributed by atoms with Gasteiger partial charge in [0.2, 0.25) is 5.95 Å². The highest BCUT2D eigenvalue weighted by Gasteiger charge is 2.25. The average Bonchev–Trinajstić information content (AvgIpc) is 2.85. The van der Waals surface area contributed by atoms with Crippen LogP contribution in [0, 0.1) is 0 Å². The molecule has 0 aliphatic heterocycles. The summed E-state index contributed by atoms with van der Waals surface area (Å²) in [7, 11) is 0. The predicted octanol–water partition coefficient (Wildman–Crippen LogP) is 2.17. The van der Waals surface area contributed by atoms with Crippen LogP contribution in [0.5, 0.6) is 0 Å². The molecule has 0 saturated heterocycles. The van der Waals surface area contributed by atoms with Crippen LogP contribution >= 0.6 is 0 Å². The van der Waals surface area contributed by atoms with Gasteiger partial charge in [0.05, 0.1) is 5.69 Å². The first-order chi connectivity index (χ1) is 10.2. The van der Waals surface area contributed by atoms with Gasteiger partial charge in [-0.25, -0.2) is 4.98 Å². The number of imidazole rings is 1. The van der Waals surface area contributed by atoms with Crippen molar-refractivity contribution < 1.29 is 0 Å². The molecule has 0 fully saturated rings. The van der Waals surface area contributed by atoms with E-state index in [1.165, 1.54) is 11.3 Å². The molecule has 5 heteroatoms. The van der Waals surface area contributed by atoms with E-state index < -0.39 is 0 Å². The molecular formula is C16H17N5. The van der Waals surface area contributed by atoms with Gasteiger partial charge >= 0.3 is 0 Å². The lowest BCUT2D eigenvalue weighted by Gasteiger charge is -2.22. The van der Waals surface area contributed by atoms with Gasteiger partial charge in [-0.15, -0.1) is 0 Å². The second-order valence-corrected chi connectivity index (χ2v) is 5.59. The van der Waals surface area contributed by atoms with E-state index in [0.29, 0.717) is 17.7 Å². The minimum Gasteiger partial charge on any atom is -0.383 e. The van der Waals surface area contributed by atoms with E-state index in [9.17, 15) is 0 Å². The van der Waals surface area contributed by atoms with Gasteiger partial charge in [-0.05, 0) is 30.7 Å². The third-order valence-electron chi connectivity index (χ3n) is 4.27. The number of hydrogen-bond acceptors (Lipinski definition) is 4. The second kappa shape index (κ2) is 4.48. The molecule has 4 N–H and O–H groups in total. The molecule has 0 bridgehead atoms. The molecule has 0 spiro atoms. The smallest absolute Gasteiger partial charge is 0.208 e. The van der Waals surface area contributed by atoms with Crippen molar-refractivity contribution in [2.24, 2.45) is 0 Å². The van der Waals surface area contributed by atoms with E-state index >= 15 is 0 Å². The van der Waals surface area contributed by atoms with Gasteiger partial charge in [-0.1, -0.05) is 30.3 Å². The molecule has 1 aliphatic rings. The molecule has 0 amide bonds. The molecular weight excluding hydrogens is 262 g/mol. The molecule has 1 unspecified atom stereocenters. The number of nitrogens with zero attached hydrogens (tertiary/aromatic N) is 3. The standard InChI is InChI=1S/C16H17N5/c17-14-9-15-19-12-8-11(10-4-2-1-3-5-10)6-7-13(12)21(15)16(18)20-14/h1-5,9,11H,6-8,17H2,(H2,18,20). The van der Waals surface area contributed by atoms with E-state index in [0.717, 1.165) is 30.6 Å². The fourth-order valence-corrected chi connectivity index (χ4v) is 3.30. The number of nitrogens with two attached hydrogens (primary N) is 2. The summed E-state index contributed by atoms with van der Waals surface area (Å²) in [5.74, 6) is 1.37. The summed E-state index contributed by atoms with van der Waals surface area (Å²) in [6.45, 7) is 0. The Morgan fingerprint density at radius 1 is 1.10 bits per heavy atom. The zero-order chi connectivity index (χ0) is 14.4. The minimum absolute atomic E-state index is 0.418. The van der Waals surface area contributed by atoms with Gasteiger partial charge in [0.15, 0.2) is 0 Å². The lowest BCUT2D eigenvalue weighted by molar-refractivity contribution is 0.568. The lowest BCUT2D eigenvalue weighted by atomic mass is 9.84. The van der Waals surface area contributed by atoms with Crippen molar-refractivity contribution in [2.75, 3.05) is 11.5 Å². The van der Waals surface area contributed by atoms with Gasteiger partial charge in [-0.3, -0.25) is 4.40 Å². The van der Waals surface area contributed by atoms with Crippen LogP contribution in [0.3, 0.4) is 0 Å². The summed E-state index contributed by atoms with van der Waals surface area (Å²) in [5.41, 5.74) is 16.2. The molecule has 1 aromatic carbocycles. The number of aryl methyl sites for hydroxylation is 1. The summed E-state index contributed by atoms with van der Waals surface area (Å²) in [5, 5.41) is 0. The van der Waals surface area contributed by atoms with E-state index in [1.807, 2.05) is 4.40 Å². The summed E-state index contributed by atoms with van der Waals surface area (Å²) < 4.78 is 1.94. The summed E-state index contributed by atoms with van der Waals surface area (Å²) in [4.78, 5) is 8.85. The number of anilines is 2. The zero-order valence-corrected chi connectivity index (χ0v) is 11.7. The van der Waals surface area contributed by atoms with E-state index in [2.05, 4.69) is 35.3 Å². The lowest BCUT2D eigenvalue weighted by Crippen LogP contribution is -2.14. The van der Waals surface area contributed by atoms with Crippen molar-refractivity contribution in [3.05, 3.63) is 53.3 Å². The highest BCUT2D eigenvalue weighted by Crippen LogP contribution is 2.33. The predicted molar refractivity (Wildman–Crippen MR) is 83.0 cm³/mol. The monoisotopic (exact) mass is 279 g/mol. The topological polar surface area (TPSA) is 82.2 Å². The van der Waals surface area contributed by atoms with Gasteiger partial charge in [0.1, 0.15) is 11.5 Å². The van der Waals surface area contributed by atoms with E-state index in [1.54, 1.807) is 6.07 Å². The Morgan fingerprint density at radius 2 is 1.90 bits per heavy atom. The normalized spacial score (nSPS) is 17.8. The molecule has 21 heavy (non-hydrogen) atoms. The first-order valence-corrected chi connectivity index (χ1v) is 7.19. The summed E-state index contributed by atoms with van der Waals surface area (Å²) >= 11 is 0. The zero-order valence-electron chi connectivity index (χ0n) is 11.7. The Kier molecular flexibility index (Phi) is 2.60. The number of benzene rings is 1. The third kappa shape index (κ3) is 1.93. The molecule has 106 valence electrons. The number of hydrogen-bond donors (Lipinski definition) is 2. The van der Waals surface area contributed by atoms with Gasteiger partial charge in [-0.2, -0.15) is 4.98 Å². The molecule has 0 saturated carbocycles. The van der Waals surface area contributed by atoms with Crippen LogP contribution in [0.4, 0.5) is 11.8 Å². The molecule has 1 aliphatic carbocycles. The van der Waals surface area contributed by atoms with Crippen molar-refractivity contribution in [2.45, 2.75) is 25.2 Å². The van der Waals surface area contributed by atoms with Crippen LogP contribution in [0.1, 0.15) is 29.3 Å². The number of nitrogen functional groups attached to an aromatic ring is 2. The number of rotatable bonds is 1. The van der Waals surface area contributed by atoms with Crippen molar-refractivity contribution in [3.63, 3.8) is 0 Å². The van der Waals surface area contributed by atoms with Gasteiger partial charge in [0.25, 0.3) is 0 Å². The first kappa shape index (κ1) is 12.2. The van der Waals surface area contributed by atoms with Gasteiger partial charge < -0.3 is 11.5 Å². The van der Waals surface area contributed by atoms with Crippen molar-refractivity contribution in [1.82, 2.24) is 14.4 Å². The average molecular weight is 279 g/mol. The van der Waals surface area contributed by atoms with Crippen LogP contribution in [0.15, 0.2) is 36.4 Å². The Hall–Kier alpha value is -2.56. The molecule has 3 aromatic rings. The van der Waals surface area contributed by atoms with Gasteiger partial charge in [0, 0.05) is 11.8 Å². The van der Waals surface area contributed by atoms with Crippen LogP contribution in [-0.2, 0) is 12.8 Å². The maximum absolute atomic E-state index is 6.00. The van der Waals surface area contributed by atoms with E-state index in [-0.39, 0.29) is 0 Å². The van der Waals surface area contributed by atoms with Crippen LogP contribution in [0.2, 0.25) is 0 Å². The molecule has 0 radical (unpaired) electrons. The Labute approximate surface area is 122 Å². The maximum atomic E-state index is 6.00. The summed E-state index contributed by atoms with van der Waals surface area (Å²) in [6.07, 6.45) is 3.01. The minimum atomic E-state index is 0.418. The fraction of sp³-hybridized carbons (Fsp3) is 0.250. The molecule has 2 aromatic heterocycles. The molecule has 4 rings (SSSR count). The maximum Gasteiger partial charge on any atom is 0.208 e. The largest absolute Gasteiger partial charge is 0.383 e. The molecule has 5 nitrogen and oxygen atoms in total. The highest BCUT2D eigenvalue weighted by molar-refractivity contribution is 5.56. The SMILES string of the molecule is Nc1cc2nc3c(n2c(N)n1)CCC(c1ccccc1)C3. The molecule has 1 atom stereocenters. The quantitative estimate of drug-likeness (QED) is 0.715. The summed E-state index contributed by atoms with van der Waals surface area (Å²) in [6, 6.07) is 12.4. The Morgan fingerprint density at radius 3 is 2.71 bits per heavy atom. The van der Waals surface area contributed by atoms with E-state index in [4.69, 9.17) is 16.5 Å². The third-order valence-corrected chi connectivity index (χ3v) is 4.27. The van der Waals surface area contributed by atoms with Crippen molar-refractivity contribution >= 4 is 17.4 Å². The second-order valence-electron chi connectivity index (χ2n) is 5.59. The van der Waals surface area contributed by atoms with Crippen molar-refractivity contribution in [1.29, 1.82) is 0 Å². The highest BCUT2D eigenvalue weighted by atomic mass is 15.2. The number of fused-ring (bicyclic) bond motifs is 3. The molecule has 2 heterocycles. The van der Waals surface area contributed by atoms with Crippen LogP contribution < -0.4 is 11.5 Å². The fourth-order valence-electron chi connectivity index (χ4n) is 3.30. The van der Waals surface area contributed by atoms with Crippen LogP contribution in [0.25, 0.3) is 5.65 Å². The van der Waals surface area contributed by atoms with Crippen molar-refractivity contribution in [3.8, 4) is 0 Å².